The van der Waals surface area contributed by atoms with Crippen molar-refractivity contribution in [2.45, 2.75) is 6.92 Å². The molecule has 2 aromatic rings. The van der Waals surface area contributed by atoms with Crippen LogP contribution >= 0.6 is 31.9 Å². The largest absolute Gasteiger partial charge is 0.506 e. The molecule has 0 unspecified atom stereocenters. The van der Waals surface area contributed by atoms with Crippen LogP contribution in [0, 0.1) is 0 Å². The predicted molar refractivity (Wildman–Crippen MR) is 90.0 cm³/mol. The minimum atomic E-state index is 0.0556. The Kier molecular flexibility index (Phi) is 5.25. The van der Waals surface area contributed by atoms with E-state index in [1.54, 1.807) is 36.5 Å². The number of phenols is 2. The Hall–Kier alpha value is -1.53. The first-order chi connectivity index (χ1) is 10.0. The smallest absolute Gasteiger partial charge is 0.166 e. The molecule has 0 atom stereocenters. The van der Waals surface area contributed by atoms with Gasteiger partial charge in [-0.15, -0.1) is 0 Å². The Bertz CT molecular complexity index is 664. The highest BCUT2D eigenvalue weighted by molar-refractivity contribution is 9.11. The van der Waals surface area contributed by atoms with Crippen molar-refractivity contribution in [3.8, 4) is 17.2 Å². The fourth-order valence-electron chi connectivity index (χ4n) is 1.69. The Labute approximate surface area is 139 Å². The average molecular weight is 415 g/mol. The number of aliphatic imine (C=N–C) groups is 1. The standard InChI is InChI=1S/C15H13Br2NO3/c1-2-21-13-5-3-4-9(14(13)19)8-18-10-6-11(16)15(20)12(17)7-10/h3-8,19-20H,2H2,1H3. The zero-order valence-electron chi connectivity index (χ0n) is 11.2. The third-order valence-corrected chi connectivity index (χ3v) is 3.89. The van der Waals surface area contributed by atoms with Gasteiger partial charge < -0.3 is 14.9 Å². The van der Waals surface area contributed by atoms with Gasteiger partial charge in [-0.2, -0.15) is 0 Å². The minimum Gasteiger partial charge on any atom is -0.506 e. The van der Waals surface area contributed by atoms with Crippen LogP contribution < -0.4 is 4.74 Å². The number of hydrogen-bond donors (Lipinski definition) is 2. The number of aromatic hydroxyl groups is 2. The molecular weight excluding hydrogens is 402 g/mol. The molecule has 0 aliphatic heterocycles. The van der Waals surface area contributed by atoms with E-state index in [0.29, 0.717) is 32.6 Å². The summed E-state index contributed by atoms with van der Waals surface area (Å²) in [4.78, 5) is 4.29. The van der Waals surface area contributed by atoms with Crippen molar-refractivity contribution < 1.29 is 14.9 Å². The van der Waals surface area contributed by atoms with Crippen molar-refractivity contribution in [2.24, 2.45) is 4.99 Å². The van der Waals surface area contributed by atoms with Gasteiger partial charge in [0.15, 0.2) is 11.5 Å². The lowest BCUT2D eigenvalue weighted by atomic mass is 10.2. The van der Waals surface area contributed by atoms with Crippen molar-refractivity contribution >= 4 is 43.8 Å². The molecule has 0 saturated carbocycles. The number of phenolic OH excluding ortho intramolecular Hbond substituents is 2. The summed E-state index contributed by atoms with van der Waals surface area (Å²) in [6, 6.07) is 8.59. The molecule has 110 valence electrons. The highest BCUT2D eigenvalue weighted by Crippen LogP contribution is 2.36. The van der Waals surface area contributed by atoms with E-state index in [9.17, 15) is 10.2 Å². The van der Waals surface area contributed by atoms with Gasteiger partial charge >= 0.3 is 0 Å². The van der Waals surface area contributed by atoms with Gasteiger partial charge in [0.25, 0.3) is 0 Å². The first-order valence-corrected chi connectivity index (χ1v) is 7.78. The molecule has 0 radical (unpaired) electrons. The molecule has 0 aromatic heterocycles. The summed E-state index contributed by atoms with van der Waals surface area (Å²) >= 11 is 6.49. The van der Waals surface area contributed by atoms with Crippen molar-refractivity contribution in [3.05, 3.63) is 44.8 Å². The minimum absolute atomic E-state index is 0.0556. The fraction of sp³-hybridized carbons (Fsp3) is 0.133. The molecule has 0 aliphatic rings. The highest BCUT2D eigenvalue weighted by atomic mass is 79.9. The molecule has 0 heterocycles. The lowest BCUT2D eigenvalue weighted by Gasteiger charge is -2.07. The summed E-state index contributed by atoms with van der Waals surface area (Å²) in [6.45, 7) is 2.33. The number of para-hydroxylation sites is 1. The van der Waals surface area contributed by atoms with E-state index in [-0.39, 0.29) is 11.5 Å². The number of rotatable bonds is 4. The third kappa shape index (κ3) is 3.77. The van der Waals surface area contributed by atoms with Gasteiger partial charge in [-0.05, 0) is 63.0 Å². The zero-order chi connectivity index (χ0) is 15.4. The van der Waals surface area contributed by atoms with E-state index in [2.05, 4.69) is 36.9 Å². The van der Waals surface area contributed by atoms with Gasteiger partial charge in [-0.1, -0.05) is 6.07 Å². The number of halogens is 2. The molecule has 0 bridgehead atoms. The van der Waals surface area contributed by atoms with Crippen molar-refractivity contribution in [2.75, 3.05) is 6.61 Å². The maximum Gasteiger partial charge on any atom is 0.166 e. The molecule has 0 spiro atoms. The van der Waals surface area contributed by atoms with Gasteiger partial charge in [-0.25, -0.2) is 0 Å². The number of benzene rings is 2. The van der Waals surface area contributed by atoms with Crippen LogP contribution in [-0.2, 0) is 0 Å². The summed E-state index contributed by atoms with van der Waals surface area (Å²) in [5.74, 6) is 0.602. The maximum absolute atomic E-state index is 10.1. The van der Waals surface area contributed by atoms with Gasteiger partial charge in [0.05, 0.1) is 21.2 Å². The van der Waals surface area contributed by atoms with Crippen molar-refractivity contribution in [1.29, 1.82) is 0 Å². The molecule has 2 N–H and O–H groups in total. The fourth-order valence-corrected chi connectivity index (χ4v) is 2.85. The van der Waals surface area contributed by atoms with Crippen molar-refractivity contribution in [3.63, 3.8) is 0 Å². The molecule has 21 heavy (non-hydrogen) atoms. The van der Waals surface area contributed by atoms with Gasteiger partial charge in [0.1, 0.15) is 5.75 Å². The first kappa shape index (κ1) is 15.9. The van der Waals surface area contributed by atoms with E-state index >= 15 is 0 Å². The molecule has 0 aliphatic carbocycles. The molecule has 0 saturated heterocycles. The lowest BCUT2D eigenvalue weighted by Crippen LogP contribution is -1.93. The van der Waals surface area contributed by atoms with Gasteiger partial charge in [0, 0.05) is 11.8 Å². The molecule has 4 nitrogen and oxygen atoms in total. The van der Waals surface area contributed by atoms with E-state index in [4.69, 9.17) is 4.74 Å². The third-order valence-electron chi connectivity index (χ3n) is 2.68. The van der Waals surface area contributed by atoms with E-state index < -0.39 is 0 Å². The maximum atomic E-state index is 10.1. The van der Waals surface area contributed by atoms with Crippen LogP contribution in [0.15, 0.2) is 44.3 Å². The van der Waals surface area contributed by atoms with E-state index in [1.807, 2.05) is 6.92 Å². The second kappa shape index (κ2) is 6.95. The zero-order valence-corrected chi connectivity index (χ0v) is 14.3. The number of ether oxygens (including phenoxy) is 1. The summed E-state index contributed by atoms with van der Waals surface area (Å²) in [5.41, 5.74) is 1.19. The molecule has 2 rings (SSSR count). The second-order valence-electron chi connectivity index (χ2n) is 4.14. The number of nitrogens with zero attached hydrogens (tertiary/aromatic N) is 1. The van der Waals surface area contributed by atoms with Crippen LogP contribution in [0.1, 0.15) is 12.5 Å². The normalized spacial score (nSPS) is 11.0. The predicted octanol–water partition coefficient (Wildman–Crippen LogP) is 4.77. The van der Waals surface area contributed by atoms with E-state index in [0.717, 1.165) is 0 Å². The summed E-state index contributed by atoms with van der Waals surface area (Å²) in [5, 5.41) is 19.7. The molecule has 0 fully saturated rings. The van der Waals surface area contributed by atoms with Crippen LogP contribution in [0.5, 0.6) is 17.2 Å². The topological polar surface area (TPSA) is 62.0 Å². The van der Waals surface area contributed by atoms with Gasteiger partial charge in [-0.3, -0.25) is 4.99 Å². The summed E-state index contributed by atoms with van der Waals surface area (Å²) in [7, 11) is 0. The molecule has 0 amide bonds. The Morgan fingerprint density at radius 2 is 1.81 bits per heavy atom. The monoisotopic (exact) mass is 413 g/mol. The van der Waals surface area contributed by atoms with Crippen LogP contribution in [-0.4, -0.2) is 23.0 Å². The summed E-state index contributed by atoms with van der Waals surface area (Å²) < 4.78 is 6.40. The number of hydrogen-bond acceptors (Lipinski definition) is 4. The lowest BCUT2D eigenvalue weighted by molar-refractivity contribution is 0.318. The molecular formula is C15H13Br2NO3. The highest BCUT2D eigenvalue weighted by Gasteiger charge is 2.07. The molecule has 2 aromatic carbocycles. The van der Waals surface area contributed by atoms with Crippen LogP contribution in [0.3, 0.4) is 0 Å². The van der Waals surface area contributed by atoms with Crippen LogP contribution in [0.25, 0.3) is 0 Å². The van der Waals surface area contributed by atoms with E-state index in [1.165, 1.54) is 0 Å². The SMILES string of the molecule is CCOc1cccc(C=Nc2cc(Br)c(O)c(Br)c2)c1O. The second-order valence-corrected chi connectivity index (χ2v) is 5.85. The van der Waals surface area contributed by atoms with Gasteiger partial charge in [0.2, 0.25) is 0 Å². The van der Waals surface area contributed by atoms with Crippen LogP contribution in [0.2, 0.25) is 0 Å². The Morgan fingerprint density at radius 1 is 1.14 bits per heavy atom. The quantitative estimate of drug-likeness (QED) is 0.708. The van der Waals surface area contributed by atoms with Crippen molar-refractivity contribution in [1.82, 2.24) is 0 Å². The Balaban J connectivity index is 2.32. The Morgan fingerprint density at radius 3 is 2.43 bits per heavy atom. The molecule has 6 heteroatoms. The summed E-state index contributed by atoms with van der Waals surface area (Å²) in [6.07, 6.45) is 1.54. The first-order valence-electron chi connectivity index (χ1n) is 6.19. The van der Waals surface area contributed by atoms with Crippen LogP contribution in [0.4, 0.5) is 5.69 Å². The average Bonchev–Trinajstić information content (AvgIpc) is 2.45.